The topological polar surface area (TPSA) is 46.2 Å². The fourth-order valence-corrected chi connectivity index (χ4v) is 2.64. The lowest BCUT2D eigenvalue weighted by molar-refractivity contribution is -0.125. The lowest BCUT2D eigenvalue weighted by Crippen LogP contribution is -2.28. The van der Waals surface area contributed by atoms with Crippen LogP contribution in [0.4, 0.5) is 13.2 Å². The second-order valence-electron chi connectivity index (χ2n) is 3.71. The third-order valence-electron chi connectivity index (χ3n) is 2.10. The van der Waals surface area contributed by atoms with Gasteiger partial charge in [0.2, 0.25) is 0 Å². The minimum absolute atomic E-state index is 0.0651. The molecule has 102 valence electrons. The molecule has 3 nitrogen and oxygen atoms in total. The van der Waals surface area contributed by atoms with Crippen molar-refractivity contribution in [3.05, 3.63) is 28.8 Å². The Kier molecular flexibility index (Phi) is 4.63. The van der Waals surface area contributed by atoms with Crippen LogP contribution >= 0.6 is 11.6 Å². The Morgan fingerprint density at radius 3 is 2.44 bits per heavy atom. The van der Waals surface area contributed by atoms with Crippen molar-refractivity contribution in [3.8, 4) is 0 Å². The summed E-state index contributed by atoms with van der Waals surface area (Å²) in [4.78, 5) is -0.0651. The van der Waals surface area contributed by atoms with E-state index in [1.165, 1.54) is 18.2 Å². The molecule has 0 aliphatic carbocycles. The highest BCUT2D eigenvalue weighted by Gasteiger charge is 2.26. The summed E-state index contributed by atoms with van der Waals surface area (Å²) in [6.07, 6.45) is -3.38. The highest BCUT2D eigenvalue weighted by atomic mass is 35.5. The number of hydrogen-bond acceptors (Lipinski definition) is 3. The van der Waals surface area contributed by atoms with Gasteiger partial charge in [-0.05, 0) is 12.1 Å². The lowest BCUT2D eigenvalue weighted by atomic mass is 10.2. The Morgan fingerprint density at radius 2 is 1.94 bits per heavy atom. The summed E-state index contributed by atoms with van der Waals surface area (Å²) < 4.78 is 58.9. The Labute approximate surface area is 108 Å². The highest BCUT2D eigenvalue weighted by molar-refractivity contribution is 7.90. The molecule has 0 amide bonds. The molecular weight excluding hydrogens is 291 g/mol. The van der Waals surface area contributed by atoms with Gasteiger partial charge in [0.05, 0.1) is 11.4 Å². The van der Waals surface area contributed by atoms with Gasteiger partial charge in [0, 0.05) is 23.4 Å². The van der Waals surface area contributed by atoms with E-state index in [0.29, 0.717) is 0 Å². The summed E-state index contributed by atoms with van der Waals surface area (Å²) in [7, 11) is -3.53. The summed E-state index contributed by atoms with van der Waals surface area (Å²) in [5.74, 6) is 0. The van der Waals surface area contributed by atoms with Crippen LogP contribution in [0.2, 0.25) is 5.02 Å². The molecule has 1 rings (SSSR count). The summed E-state index contributed by atoms with van der Waals surface area (Å²) in [5.41, 5.74) is 0.144. The normalized spacial score (nSPS) is 12.7. The van der Waals surface area contributed by atoms with Crippen LogP contribution in [0.25, 0.3) is 0 Å². The number of hydrogen-bond donors (Lipinski definition) is 1. The standard InChI is InChI=1S/C10H11ClF3NO2S/c1-18(16,17)9-4-2-3-8(11)7(9)5-15-6-10(12,13)14/h2-4,15H,5-6H2,1H3. The number of nitrogens with one attached hydrogen (secondary N) is 1. The van der Waals surface area contributed by atoms with Crippen molar-refractivity contribution in [1.29, 1.82) is 0 Å². The van der Waals surface area contributed by atoms with Gasteiger partial charge in [0.1, 0.15) is 0 Å². The zero-order valence-corrected chi connectivity index (χ0v) is 11.0. The molecule has 0 heterocycles. The van der Waals surface area contributed by atoms with Gasteiger partial charge in [-0.1, -0.05) is 17.7 Å². The van der Waals surface area contributed by atoms with Crippen molar-refractivity contribution in [3.63, 3.8) is 0 Å². The van der Waals surface area contributed by atoms with Crippen molar-refractivity contribution >= 4 is 21.4 Å². The van der Waals surface area contributed by atoms with Gasteiger partial charge in [0.15, 0.2) is 9.84 Å². The SMILES string of the molecule is CS(=O)(=O)c1cccc(Cl)c1CNCC(F)(F)F. The molecule has 0 atom stereocenters. The Balaban J connectivity index is 2.95. The molecule has 0 aliphatic rings. The third kappa shape index (κ3) is 4.47. The molecule has 0 aromatic heterocycles. The molecule has 0 radical (unpaired) electrons. The van der Waals surface area contributed by atoms with E-state index in [1.807, 2.05) is 0 Å². The Morgan fingerprint density at radius 1 is 1.33 bits per heavy atom. The maximum absolute atomic E-state index is 12.0. The smallest absolute Gasteiger partial charge is 0.304 e. The molecule has 0 bridgehead atoms. The van der Waals surface area contributed by atoms with Gasteiger partial charge in [-0.2, -0.15) is 13.2 Å². The van der Waals surface area contributed by atoms with E-state index in [2.05, 4.69) is 5.32 Å². The first-order chi connectivity index (χ1) is 8.11. The van der Waals surface area contributed by atoms with Crippen LogP contribution in [-0.4, -0.2) is 27.4 Å². The van der Waals surface area contributed by atoms with E-state index in [9.17, 15) is 21.6 Å². The number of benzene rings is 1. The minimum Gasteiger partial charge on any atom is -0.304 e. The largest absolute Gasteiger partial charge is 0.401 e. The van der Waals surface area contributed by atoms with Gasteiger partial charge in [-0.3, -0.25) is 0 Å². The predicted octanol–water partition coefficient (Wildman–Crippen LogP) is 2.40. The zero-order valence-electron chi connectivity index (χ0n) is 9.38. The molecule has 0 unspecified atom stereocenters. The average molecular weight is 302 g/mol. The molecular formula is C10H11ClF3NO2S. The van der Waals surface area contributed by atoms with Crippen LogP contribution in [-0.2, 0) is 16.4 Å². The maximum atomic E-state index is 12.0. The van der Waals surface area contributed by atoms with E-state index in [-0.39, 0.29) is 22.0 Å². The van der Waals surface area contributed by atoms with Crippen molar-refractivity contribution < 1.29 is 21.6 Å². The Bertz CT molecular complexity index is 528. The maximum Gasteiger partial charge on any atom is 0.401 e. The molecule has 0 fully saturated rings. The van der Waals surface area contributed by atoms with Crippen molar-refractivity contribution in [2.24, 2.45) is 0 Å². The molecule has 18 heavy (non-hydrogen) atoms. The molecule has 1 N–H and O–H groups in total. The molecule has 0 aliphatic heterocycles. The fraction of sp³-hybridized carbons (Fsp3) is 0.400. The van der Waals surface area contributed by atoms with Crippen LogP contribution in [0.5, 0.6) is 0 Å². The molecule has 0 spiro atoms. The number of rotatable bonds is 4. The van der Waals surface area contributed by atoms with Gasteiger partial charge in [0.25, 0.3) is 0 Å². The third-order valence-corrected chi connectivity index (χ3v) is 3.64. The van der Waals surface area contributed by atoms with Crippen LogP contribution in [0.3, 0.4) is 0 Å². The second-order valence-corrected chi connectivity index (χ2v) is 6.10. The highest BCUT2D eigenvalue weighted by Crippen LogP contribution is 2.24. The minimum atomic E-state index is -4.35. The van der Waals surface area contributed by atoms with Crippen molar-refractivity contribution in [2.45, 2.75) is 17.6 Å². The van der Waals surface area contributed by atoms with Gasteiger partial charge >= 0.3 is 6.18 Å². The zero-order chi connectivity index (χ0) is 14.0. The lowest BCUT2D eigenvalue weighted by Gasteiger charge is -2.12. The Hall–Kier alpha value is -0.790. The average Bonchev–Trinajstić information content (AvgIpc) is 2.16. The van der Waals surface area contributed by atoms with E-state index >= 15 is 0 Å². The monoisotopic (exact) mass is 301 g/mol. The fourth-order valence-electron chi connectivity index (χ4n) is 1.39. The van der Waals surface area contributed by atoms with Crippen molar-refractivity contribution in [1.82, 2.24) is 5.32 Å². The summed E-state index contributed by atoms with van der Waals surface area (Å²) in [6, 6.07) is 4.18. The summed E-state index contributed by atoms with van der Waals surface area (Å²) in [6.45, 7) is -1.47. The first-order valence-electron chi connectivity index (χ1n) is 4.86. The number of halogens is 4. The van der Waals surface area contributed by atoms with Crippen LogP contribution < -0.4 is 5.32 Å². The van der Waals surface area contributed by atoms with Gasteiger partial charge in [-0.15, -0.1) is 0 Å². The van der Waals surface area contributed by atoms with Crippen LogP contribution in [0.15, 0.2) is 23.1 Å². The van der Waals surface area contributed by atoms with Crippen LogP contribution in [0.1, 0.15) is 5.56 Å². The number of alkyl halides is 3. The summed E-state index contributed by atoms with van der Waals surface area (Å²) >= 11 is 5.80. The molecule has 0 saturated heterocycles. The first kappa shape index (κ1) is 15.3. The molecule has 1 aromatic carbocycles. The van der Waals surface area contributed by atoms with E-state index < -0.39 is 22.6 Å². The quantitative estimate of drug-likeness (QED) is 0.929. The van der Waals surface area contributed by atoms with Crippen LogP contribution in [0, 0.1) is 0 Å². The van der Waals surface area contributed by atoms with Gasteiger partial charge in [-0.25, -0.2) is 8.42 Å². The van der Waals surface area contributed by atoms with E-state index in [4.69, 9.17) is 11.6 Å². The molecule has 1 aromatic rings. The van der Waals surface area contributed by atoms with Gasteiger partial charge < -0.3 is 5.32 Å². The van der Waals surface area contributed by atoms with Crippen molar-refractivity contribution in [2.75, 3.05) is 12.8 Å². The first-order valence-corrected chi connectivity index (χ1v) is 7.13. The molecule has 0 saturated carbocycles. The number of sulfone groups is 1. The van der Waals surface area contributed by atoms with E-state index in [1.54, 1.807) is 0 Å². The van der Waals surface area contributed by atoms with E-state index in [0.717, 1.165) is 6.26 Å². The second kappa shape index (κ2) is 5.46. The predicted molar refractivity (Wildman–Crippen MR) is 62.3 cm³/mol. The molecule has 8 heteroatoms. The summed E-state index contributed by atoms with van der Waals surface area (Å²) in [5, 5.41) is 2.24.